The number of aryl methyl sites for hydroxylation is 1. The average Bonchev–Trinajstić information content (AvgIpc) is 3.69. The third kappa shape index (κ3) is 3.56. The summed E-state index contributed by atoms with van der Waals surface area (Å²) in [6.07, 6.45) is 4.95. The second kappa shape index (κ2) is 7.27. The number of allylic oxidation sites excluding steroid dienone is 2. The van der Waals surface area contributed by atoms with Gasteiger partial charge in [-0.15, -0.1) is 0 Å². The van der Waals surface area contributed by atoms with Crippen molar-refractivity contribution in [2.75, 3.05) is 5.32 Å². The molecule has 2 aromatic carbocycles. The van der Waals surface area contributed by atoms with Gasteiger partial charge in [0.2, 0.25) is 0 Å². The van der Waals surface area contributed by atoms with Crippen LogP contribution in [0.1, 0.15) is 47.2 Å². The smallest absolute Gasteiger partial charge is 0.157 e. The SMILES string of the molecule is Cc1ccc(NC(=C2CC2)C2(c3ccc(O)c(O)c3)CC2)nc1-c1cccc(C=O)c1. The lowest BCUT2D eigenvalue weighted by atomic mass is 9.91. The van der Waals surface area contributed by atoms with Crippen LogP contribution in [0, 0.1) is 6.92 Å². The summed E-state index contributed by atoms with van der Waals surface area (Å²) in [6, 6.07) is 16.6. The maximum absolute atomic E-state index is 11.2. The number of hydrogen-bond acceptors (Lipinski definition) is 5. The van der Waals surface area contributed by atoms with Crippen molar-refractivity contribution in [3.8, 4) is 22.8 Å². The van der Waals surface area contributed by atoms with Crippen molar-refractivity contribution < 1.29 is 15.0 Å². The van der Waals surface area contributed by atoms with Crippen LogP contribution in [0.15, 0.2) is 65.9 Å². The zero-order valence-electron chi connectivity index (χ0n) is 17.4. The van der Waals surface area contributed by atoms with Gasteiger partial charge in [0, 0.05) is 22.2 Å². The molecule has 0 atom stereocenters. The van der Waals surface area contributed by atoms with Gasteiger partial charge in [-0.2, -0.15) is 0 Å². The van der Waals surface area contributed by atoms with Crippen LogP contribution in [0.3, 0.4) is 0 Å². The molecule has 1 heterocycles. The van der Waals surface area contributed by atoms with Gasteiger partial charge in [0.05, 0.1) is 5.69 Å². The molecule has 156 valence electrons. The summed E-state index contributed by atoms with van der Waals surface area (Å²) in [6.45, 7) is 2.02. The highest BCUT2D eigenvalue weighted by Gasteiger charge is 2.50. The Hall–Kier alpha value is -3.60. The second-order valence-electron chi connectivity index (χ2n) is 8.49. The van der Waals surface area contributed by atoms with E-state index in [1.807, 2.05) is 43.3 Å². The zero-order valence-corrected chi connectivity index (χ0v) is 17.4. The highest BCUT2D eigenvalue weighted by atomic mass is 16.3. The van der Waals surface area contributed by atoms with E-state index in [0.717, 1.165) is 60.2 Å². The average molecular weight is 412 g/mol. The molecular formula is C26H24N2O3. The number of anilines is 1. The highest BCUT2D eigenvalue weighted by Crippen LogP contribution is 2.58. The van der Waals surface area contributed by atoms with Crippen LogP contribution in [0.4, 0.5) is 5.82 Å². The molecule has 0 radical (unpaired) electrons. The molecule has 0 bridgehead atoms. The number of aromatic hydroxyl groups is 2. The van der Waals surface area contributed by atoms with E-state index in [0.29, 0.717) is 5.56 Å². The lowest BCUT2D eigenvalue weighted by molar-refractivity contribution is 0.112. The summed E-state index contributed by atoms with van der Waals surface area (Å²) in [4.78, 5) is 16.1. The van der Waals surface area contributed by atoms with Crippen molar-refractivity contribution in [2.45, 2.75) is 38.0 Å². The maximum Gasteiger partial charge on any atom is 0.157 e. The molecule has 0 amide bonds. The number of phenolic OH excluding ortho intramolecular Hbond substituents is 2. The van der Waals surface area contributed by atoms with Crippen molar-refractivity contribution in [3.63, 3.8) is 0 Å². The highest BCUT2D eigenvalue weighted by molar-refractivity contribution is 5.79. The number of benzene rings is 2. The zero-order chi connectivity index (χ0) is 21.6. The van der Waals surface area contributed by atoms with Crippen LogP contribution >= 0.6 is 0 Å². The summed E-state index contributed by atoms with van der Waals surface area (Å²) in [5, 5.41) is 23.3. The molecule has 0 aliphatic heterocycles. The molecule has 5 rings (SSSR count). The summed E-state index contributed by atoms with van der Waals surface area (Å²) >= 11 is 0. The van der Waals surface area contributed by atoms with Gasteiger partial charge >= 0.3 is 0 Å². The molecule has 1 aromatic heterocycles. The summed E-state index contributed by atoms with van der Waals surface area (Å²) in [5.74, 6) is 0.575. The lowest BCUT2D eigenvalue weighted by Crippen LogP contribution is -2.18. The van der Waals surface area contributed by atoms with Crippen molar-refractivity contribution >= 4 is 12.1 Å². The van der Waals surface area contributed by atoms with Crippen molar-refractivity contribution in [3.05, 3.63) is 82.6 Å². The van der Waals surface area contributed by atoms with Gasteiger partial charge in [-0.05, 0) is 73.6 Å². The minimum atomic E-state index is -0.165. The number of nitrogens with zero attached hydrogens (tertiary/aromatic N) is 1. The molecule has 2 saturated carbocycles. The summed E-state index contributed by atoms with van der Waals surface area (Å²) < 4.78 is 0. The molecule has 5 nitrogen and oxygen atoms in total. The van der Waals surface area contributed by atoms with Crippen LogP contribution in [0.25, 0.3) is 11.3 Å². The molecular weight excluding hydrogens is 388 g/mol. The van der Waals surface area contributed by atoms with Gasteiger partial charge in [-0.3, -0.25) is 4.79 Å². The molecule has 3 aromatic rings. The molecule has 5 heteroatoms. The van der Waals surface area contributed by atoms with E-state index in [1.54, 1.807) is 18.2 Å². The number of nitrogens with one attached hydrogen (secondary N) is 1. The topological polar surface area (TPSA) is 82.4 Å². The van der Waals surface area contributed by atoms with Crippen LogP contribution in [-0.4, -0.2) is 21.5 Å². The first kappa shape index (κ1) is 19.4. The second-order valence-corrected chi connectivity index (χ2v) is 8.49. The third-order valence-corrected chi connectivity index (χ3v) is 6.26. The number of aromatic nitrogens is 1. The molecule has 2 aliphatic rings. The predicted molar refractivity (Wildman–Crippen MR) is 120 cm³/mol. The predicted octanol–water partition coefficient (Wildman–Crippen LogP) is 5.47. The fraction of sp³-hybridized carbons (Fsp3) is 0.231. The van der Waals surface area contributed by atoms with Crippen molar-refractivity contribution in [2.24, 2.45) is 0 Å². The summed E-state index contributed by atoms with van der Waals surface area (Å²) in [7, 11) is 0. The normalized spacial score (nSPS) is 16.0. The van der Waals surface area contributed by atoms with Crippen LogP contribution < -0.4 is 5.32 Å². The Morgan fingerprint density at radius 3 is 2.52 bits per heavy atom. The molecule has 31 heavy (non-hydrogen) atoms. The number of carbonyl (C=O) groups is 1. The number of phenols is 2. The molecule has 0 saturated heterocycles. The number of hydrogen-bond donors (Lipinski definition) is 3. The molecule has 0 unspecified atom stereocenters. The molecule has 2 aliphatic carbocycles. The first-order chi connectivity index (χ1) is 15.0. The fourth-order valence-electron chi connectivity index (χ4n) is 4.27. The van der Waals surface area contributed by atoms with Gasteiger partial charge in [-0.25, -0.2) is 4.98 Å². The Morgan fingerprint density at radius 2 is 1.84 bits per heavy atom. The van der Waals surface area contributed by atoms with E-state index < -0.39 is 0 Å². The summed E-state index contributed by atoms with van der Waals surface area (Å²) in [5.41, 5.74) is 6.83. The lowest BCUT2D eigenvalue weighted by Gasteiger charge is -2.23. The van der Waals surface area contributed by atoms with Gasteiger partial charge in [-0.1, -0.05) is 30.3 Å². The first-order valence-corrected chi connectivity index (χ1v) is 10.6. The Balaban J connectivity index is 1.51. The molecule has 0 spiro atoms. The maximum atomic E-state index is 11.2. The van der Waals surface area contributed by atoms with Crippen molar-refractivity contribution in [1.29, 1.82) is 0 Å². The van der Waals surface area contributed by atoms with E-state index in [-0.39, 0.29) is 16.9 Å². The van der Waals surface area contributed by atoms with E-state index in [1.165, 1.54) is 11.3 Å². The van der Waals surface area contributed by atoms with E-state index in [4.69, 9.17) is 4.98 Å². The number of carbonyl (C=O) groups excluding carboxylic acids is 1. The Kier molecular flexibility index (Phi) is 4.54. The van der Waals surface area contributed by atoms with E-state index >= 15 is 0 Å². The monoisotopic (exact) mass is 412 g/mol. The van der Waals surface area contributed by atoms with Crippen LogP contribution in [0.5, 0.6) is 11.5 Å². The standard InChI is InChI=1S/C26H24N2O3/c1-16-5-10-23(27-24(16)19-4-2-3-17(13-19)15-29)28-25(18-6-7-18)26(11-12-26)20-8-9-21(30)22(31)14-20/h2-5,8-10,13-15,30-31H,6-7,11-12H2,1H3,(H,27,28). The number of pyridine rings is 1. The van der Waals surface area contributed by atoms with E-state index in [9.17, 15) is 15.0 Å². The first-order valence-electron chi connectivity index (χ1n) is 10.6. The van der Waals surface area contributed by atoms with Crippen LogP contribution in [-0.2, 0) is 5.41 Å². The fourth-order valence-corrected chi connectivity index (χ4v) is 4.27. The molecule has 2 fully saturated rings. The molecule has 3 N–H and O–H groups in total. The minimum Gasteiger partial charge on any atom is -0.504 e. The largest absolute Gasteiger partial charge is 0.504 e. The van der Waals surface area contributed by atoms with E-state index in [2.05, 4.69) is 5.32 Å². The van der Waals surface area contributed by atoms with Gasteiger partial charge in [0.15, 0.2) is 11.5 Å². The number of aldehydes is 1. The van der Waals surface area contributed by atoms with Crippen LogP contribution in [0.2, 0.25) is 0 Å². The quantitative estimate of drug-likeness (QED) is 0.369. The Labute approximate surface area is 181 Å². The van der Waals surface area contributed by atoms with Gasteiger partial charge in [0.25, 0.3) is 0 Å². The Bertz CT molecular complexity index is 1220. The van der Waals surface area contributed by atoms with Gasteiger partial charge in [0.1, 0.15) is 12.1 Å². The van der Waals surface area contributed by atoms with Gasteiger partial charge < -0.3 is 15.5 Å². The Morgan fingerprint density at radius 1 is 1.03 bits per heavy atom. The number of rotatable bonds is 6. The minimum absolute atomic E-state index is 0.0882. The third-order valence-electron chi connectivity index (χ3n) is 6.26. The van der Waals surface area contributed by atoms with Crippen molar-refractivity contribution in [1.82, 2.24) is 4.98 Å².